The lowest BCUT2D eigenvalue weighted by Gasteiger charge is -2.10. The van der Waals surface area contributed by atoms with Crippen LogP contribution in [0, 0.1) is 0 Å². The predicted molar refractivity (Wildman–Crippen MR) is 55.9 cm³/mol. The Bertz CT molecular complexity index is 531. The maximum atomic E-state index is 11.8. The summed E-state index contributed by atoms with van der Waals surface area (Å²) in [6, 6.07) is -0.348. The van der Waals surface area contributed by atoms with Crippen molar-refractivity contribution in [3.05, 3.63) is 30.4 Å². The Morgan fingerprint density at radius 3 is 2.50 bits per heavy atom. The number of aromatic nitrogens is 4. The molecule has 2 aromatic heterocycles. The van der Waals surface area contributed by atoms with Gasteiger partial charge < -0.3 is 0 Å². The summed E-state index contributed by atoms with van der Waals surface area (Å²) in [6.07, 6.45) is 5.79. The van der Waals surface area contributed by atoms with Gasteiger partial charge in [0.2, 0.25) is 10.0 Å². The highest BCUT2D eigenvalue weighted by atomic mass is 32.2. The molecule has 0 bridgehead atoms. The van der Waals surface area contributed by atoms with Crippen molar-refractivity contribution in [2.75, 3.05) is 0 Å². The molecule has 0 aliphatic heterocycles. The smallest absolute Gasteiger partial charge is 0.244 e. The van der Waals surface area contributed by atoms with E-state index in [4.69, 9.17) is 0 Å². The Morgan fingerprint density at radius 2 is 1.94 bits per heavy atom. The first kappa shape index (κ1) is 10.8. The van der Waals surface area contributed by atoms with Crippen LogP contribution in [0.2, 0.25) is 0 Å². The minimum Gasteiger partial charge on any atom is -0.285 e. The molecule has 7 nitrogen and oxygen atoms in total. The van der Waals surface area contributed by atoms with Crippen LogP contribution in [0.1, 0.15) is 18.5 Å². The summed E-state index contributed by atoms with van der Waals surface area (Å²) in [7, 11) is -3.53. The summed E-state index contributed by atoms with van der Waals surface area (Å²) in [4.78, 5) is 0.114. The van der Waals surface area contributed by atoms with Gasteiger partial charge in [-0.2, -0.15) is 10.2 Å². The first-order valence-electron chi connectivity index (χ1n) is 4.59. The van der Waals surface area contributed by atoms with Crippen LogP contribution in [0.3, 0.4) is 0 Å². The summed E-state index contributed by atoms with van der Waals surface area (Å²) in [5.74, 6) is 0. The molecule has 2 rings (SSSR count). The van der Waals surface area contributed by atoms with E-state index in [9.17, 15) is 8.42 Å². The molecule has 0 fully saturated rings. The summed E-state index contributed by atoms with van der Waals surface area (Å²) in [5, 5.41) is 12.4. The molecule has 86 valence electrons. The molecule has 0 aliphatic rings. The maximum Gasteiger partial charge on any atom is 0.244 e. The van der Waals surface area contributed by atoms with E-state index in [1.807, 2.05) is 0 Å². The van der Waals surface area contributed by atoms with E-state index in [2.05, 4.69) is 25.1 Å². The highest BCUT2D eigenvalue weighted by molar-refractivity contribution is 7.89. The van der Waals surface area contributed by atoms with Crippen molar-refractivity contribution >= 4 is 10.0 Å². The maximum absolute atomic E-state index is 11.8. The SMILES string of the molecule is CC(NS(=O)(=O)c1cn[nH]c1)c1cn[nH]c1. The fraction of sp³-hybridized carbons (Fsp3) is 0.250. The van der Waals surface area contributed by atoms with Gasteiger partial charge in [0.05, 0.1) is 12.4 Å². The van der Waals surface area contributed by atoms with Crippen molar-refractivity contribution in [1.82, 2.24) is 25.1 Å². The molecule has 3 N–H and O–H groups in total. The predicted octanol–water partition coefficient (Wildman–Crippen LogP) is 0.172. The van der Waals surface area contributed by atoms with Crippen LogP contribution in [0.4, 0.5) is 0 Å². The van der Waals surface area contributed by atoms with E-state index >= 15 is 0 Å². The normalized spacial score (nSPS) is 13.8. The highest BCUT2D eigenvalue weighted by Crippen LogP contribution is 2.14. The first-order chi connectivity index (χ1) is 7.59. The van der Waals surface area contributed by atoms with Crippen LogP contribution in [-0.4, -0.2) is 28.8 Å². The first-order valence-corrected chi connectivity index (χ1v) is 6.08. The molecule has 16 heavy (non-hydrogen) atoms. The van der Waals surface area contributed by atoms with Gasteiger partial charge in [0, 0.05) is 24.0 Å². The monoisotopic (exact) mass is 241 g/mol. The third kappa shape index (κ3) is 2.12. The molecular formula is C8H11N5O2S. The number of sulfonamides is 1. The summed E-state index contributed by atoms with van der Waals surface area (Å²) >= 11 is 0. The van der Waals surface area contributed by atoms with Crippen molar-refractivity contribution in [1.29, 1.82) is 0 Å². The van der Waals surface area contributed by atoms with Gasteiger partial charge >= 0.3 is 0 Å². The topological polar surface area (TPSA) is 104 Å². The number of nitrogens with one attached hydrogen (secondary N) is 3. The van der Waals surface area contributed by atoms with Gasteiger partial charge in [-0.25, -0.2) is 13.1 Å². The summed E-state index contributed by atoms with van der Waals surface area (Å²) in [5.41, 5.74) is 0.770. The van der Waals surface area contributed by atoms with Crippen LogP contribution < -0.4 is 4.72 Å². The quantitative estimate of drug-likeness (QED) is 0.709. The zero-order chi connectivity index (χ0) is 11.6. The van der Waals surface area contributed by atoms with E-state index in [-0.39, 0.29) is 10.9 Å². The lowest BCUT2D eigenvalue weighted by molar-refractivity contribution is 0.567. The largest absolute Gasteiger partial charge is 0.285 e. The average molecular weight is 241 g/mol. The molecular weight excluding hydrogens is 230 g/mol. The van der Waals surface area contributed by atoms with E-state index in [0.29, 0.717) is 0 Å². The van der Waals surface area contributed by atoms with Gasteiger partial charge in [-0.05, 0) is 6.92 Å². The lowest BCUT2D eigenvalue weighted by Crippen LogP contribution is -2.26. The average Bonchev–Trinajstić information content (AvgIpc) is 2.91. The zero-order valence-electron chi connectivity index (χ0n) is 8.51. The van der Waals surface area contributed by atoms with Gasteiger partial charge in [0.1, 0.15) is 4.90 Å². The Balaban J connectivity index is 2.16. The van der Waals surface area contributed by atoms with E-state index < -0.39 is 10.0 Å². The minimum absolute atomic E-state index is 0.114. The molecule has 1 unspecified atom stereocenters. The van der Waals surface area contributed by atoms with Gasteiger partial charge in [0.15, 0.2) is 0 Å². The number of rotatable bonds is 4. The van der Waals surface area contributed by atoms with E-state index in [1.54, 1.807) is 19.3 Å². The second-order valence-corrected chi connectivity index (χ2v) is 5.02. The molecule has 2 aromatic rings. The van der Waals surface area contributed by atoms with Crippen molar-refractivity contribution in [3.8, 4) is 0 Å². The number of aromatic amines is 2. The minimum atomic E-state index is -3.53. The molecule has 1 atom stereocenters. The van der Waals surface area contributed by atoms with Gasteiger partial charge in [-0.1, -0.05) is 0 Å². The fourth-order valence-electron chi connectivity index (χ4n) is 1.25. The second-order valence-electron chi connectivity index (χ2n) is 3.31. The number of hydrogen-bond acceptors (Lipinski definition) is 4. The molecule has 0 radical (unpaired) electrons. The number of H-pyrrole nitrogens is 2. The van der Waals surface area contributed by atoms with Crippen LogP contribution in [0.15, 0.2) is 29.7 Å². The third-order valence-electron chi connectivity index (χ3n) is 2.13. The van der Waals surface area contributed by atoms with Crippen LogP contribution in [0.25, 0.3) is 0 Å². The number of hydrogen-bond donors (Lipinski definition) is 3. The molecule has 2 heterocycles. The van der Waals surface area contributed by atoms with Crippen LogP contribution in [0.5, 0.6) is 0 Å². The molecule has 0 saturated carbocycles. The Morgan fingerprint density at radius 1 is 1.25 bits per heavy atom. The Labute approximate surface area is 92.3 Å². The second kappa shape index (κ2) is 4.06. The summed E-state index contributed by atoms with van der Waals surface area (Å²) in [6.45, 7) is 1.74. The standard InChI is InChI=1S/C8H11N5O2S/c1-6(7-2-9-10-3-7)13-16(14,15)8-4-11-12-5-8/h2-6,13H,1H3,(H,9,10)(H,11,12). The molecule has 0 spiro atoms. The lowest BCUT2D eigenvalue weighted by atomic mass is 10.2. The van der Waals surface area contributed by atoms with Crippen LogP contribution in [-0.2, 0) is 10.0 Å². The Hall–Kier alpha value is -1.67. The van der Waals surface area contributed by atoms with Crippen molar-refractivity contribution < 1.29 is 8.42 Å². The molecule has 0 amide bonds. The molecule has 8 heteroatoms. The van der Waals surface area contributed by atoms with Crippen molar-refractivity contribution in [2.45, 2.75) is 17.9 Å². The fourth-order valence-corrected chi connectivity index (χ4v) is 2.39. The summed E-state index contributed by atoms with van der Waals surface area (Å²) < 4.78 is 26.1. The molecule has 0 saturated heterocycles. The van der Waals surface area contributed by atoms with Crippen LogP contribution >= 0.6 is 0 Å². The van der Waals surface area contributed by atoms with Crippen molar-refractivity contribution in [2.24, 2.45) is 0 Å². The van der Waals surface area contributed by atoms with E-state index in [0.717, 1.165) is 5.56 Å². The van der Waals surface area contributed by atoms with Crippen molar-refractivity contribution in [3.63, 3.8) is 0 Å². The third-order valence-corrected chi connectivity index (χ3v) is 3.64. The van der Waals surface area contributed by atoms with E-state index in [1.165, 1.54) is 12.4 Å². The van der Waals surface area contributed by atoms with Gasteiger partial charge in [-0.15, -0.1) is 0 Å². The van der Waals surface area contributed by atoms with Gasteiger partial charge in [-0.3, -0.25) is 10.2 Å². The zero-order valence-corrected chi connectivity index (χ0v) is 9.32. The molecule has 0 aromatic carbocycles. The van der Waals surface area contributed by atoms with Gasteiger partial charge in [0.25, 0.3) is 0 Å². The molecule has 0 aliphatic carbocycles. The Kier molecular flexibility index (Phi) is 2.75. The highest BCUT2D eigenvalue weighted by Gasteiger charge is 2.19. The number of nitrogens with zero attached hydrogens (tertiary/aromatic N) is 2.